The average Bonchev–Trinajstić information content (AvgIpc) is 2.73. The summed E-state index contributed by atoms with van der Waals surface area (Å²) in [6, 6.07) is 14.4. The largest absolute Gasteiger partial charge is 0.350 e. The van der Waals surface area contributed by atoms with Gasteiger partial charge in [0.25, 0.3) is 5.91 Å². The van der Waals surface area contributed by atoms with Crippen LogP contribution in [0.5, 0.6) is 0 Å². The summed E-state index contributed by atoms with van der Waals surface area (Å²) in [4.78, 5) is 12.9. The van der Waals surface area contributed by atoms with Gasteiger partial charge in [-0.3, -0.25) is 4.79 Å². The third kappa shape index (κ3) is 5.59. The number of sulfonamides is 1. The summed E-state index contributed by atoms with van der Waals surface area (Å²) < 4.78 is 27.3. The number of nitrogens with one attached hydrogen (secondary N) is 1. The van der Waals surface area contributed by atoms with Gasteiger partial charge >= 0.3 is 0 Å². The average molecular weight is 435 g/mol. The molecule has 1 aliphatic rings. The van der Waals surface area contributed by atoms with E-state index in [1.54, 1.807) is 0 Å². The first-order chi connectivity index (χ1) is 13.9. The van der Waals surface area contributed by atoms with Crippen molar-refractivity contribution in [3.8, 4) is 0 Å². The fourth-order valence-electron chi connectivity index (χ4n) is 3.49. The molecular weight excluding hydrogens is 408 g/mol. The Labute approximate surface area is 178 Å². The Kier molecular flexibility index (Phi) is 7.33. The zero-order valence-electron chi connectivity index (χ0n) is 16.6. The summed E-state index contributed by atoms with van der Waals surface area (Å²) in [5.74, 6) is -0.355. The first-order valence-electron chi connectivity index (χ1n) is 10.0. The van der Waals surface area contributed by atoms with Crippen molar-refractivity contribution in [2.75, 3.05) is 13.1 Å². The Morgan fingerprint density at radius 1 is 1.10 bits per heavy atom. The van der Waals surface area contributed by atoms with E-state index >= 15 is 0 Å². The molecule has 2 aromatic rings. The molecule has 1 fully saturated rings. The molecule has 0 aliphatic carbocycles. The number of amides is 1. The molecule has 1 amide bonds. The van der Waals surface area contributed by atoms with Gasteiger partial charge in [0.05, 0.1) is 15.5 Å². The maximum Gasteiger partial charge on any atom is 0.253 e. The van der Waals surface area contributed by atoms with Crippen LogP contribution in [0, 0.1) is 0 Å². The van der Waals surface area contributed by atoms with Gasteiger partial charge in [-0.1, -0.05) is 48.4 Å². The fourth-order valence-corrected chi connectivity index (χ4v) is 5.24. The van der Waals surface area contributed by atoms with E-state index in [0.717, 1.165) is 32.1 Å². The van der Waals surface area contributed by atoms with Crippen LogP contribution in [-0.4, -0.2) is 37.8 Å². The van der Waals surface area contributed by atoms with Crippen LogP contribution < -0.4 is 5.32 Å². The number of benzene rings is 2. The smallest absolute Gasteiger partial charge is 0.253 e. The van der Waals surface area contributed by atoms with Crippen LogP contribution in [0.1, 0.15) is 48.5 Å². The van der Waals surface area contributed by atoms with Gasteiger partial charge in [0.2, 0.25) is 10.0 Å². The summed E-state index contributed by atoms with van der Waals surface area (Å²) in [6.07, 6.45) is 4.39. The van der Waals surface area contributed by atoms with E-state index in [4.69, 9.17) is 11.6 Å². The number of rotatable bonds is 7. The van der Waals surface area contributed by atoms with Crippen LogP contribution in [0.4, 0.5) is 0 Å². The highest BCUT2D eigenvalue weighted by molar-refractivity contribution is 7.89. The number of nitrogens with zero attached hydrogens (tertiary/aromatic N) is 1. The number of carbonyl (C=O) groups is 1. The van der Waals surface area contributed by atoms with Crippen LogP contribution in [-0.2, 0) is 16.4 Å². The minimum atomic E-state index is -3.61. The third-order valence-electron chi connectivity index (χ3n) is 5.22. The summed E-state index contributed by atoms with van der Waals surface area (Å²) in [5, 5.41) is 3.18. The second kappa shape index (κ2) is 9.74. The molecule has 3 rings (SSSR count). The molecule has 29 heavy (non-hydrogen) atoms. The Balaban J connectivity index is 1.69. The van der Waals surface area contributed by atoms with E-state index in [9.17, 15) is 13.2 Å². The molecule has 1 saturated heterocycles. The zero-order chi connectivity index (χ0) is 20.9. The summed E-state index contributed by atoms with van der Waals surface area (Å²) in [5.41, 5.74) is 1.40. The first-order valence-corrected chi connectivity index (χ1v) is 11.8. The van der Waals surface area contributed by atoms with Crippen LogP contribution >= 0.6 is 11.6 Å². The molecule has 0 saturated carbocycles. The van der Waals surface area contributed by atoms with Crippen molar-refractivity contribution in [3.63, 3.8) is 0 Å². The number of hydrogen-bond donors (Lipinski definition) is 1. The number of carbonyl (C=O) groups excluding carboxylic acids is 1. The molecule has 0 radical (unpaired) electrons. The Hall–Kier alpha value is -1.89. The van der Waals surface area contributed by atoms with Gasteiger partial charge < -0.3 is 5.32 Å². The maximum absolute atomic E-state index is 12.9. The van der Waals surface area contributed by atoms with Crippen molar-refractivity contribution in [2.24, 2.45) is 0 Å². The predicted molar refractivity (Wildman–Crippen MR) is 116 cm³/mol. The molecule has 0 unspecified atom stereocenters. The summed E-state index contributed by atoms with van der Waals surface area (Å²) in [6.45, 7) is 2.97. The van der Waals surface area contributed by atoms with Crippen molar-refractivity contribution in [3.05, 3.63) is 64.7 Å². The number of aryl methyl sites for hydroxylation is 1. The molecule has 1 heterocycles. The van der Waals surface area contributed by atoms with Gasteiger partial charge in [0.1, 0.15) is 0 Å². The standard InChI is InChI=1S/C22H27ClN2O3S/c1-17(10-11-18-8-4-2-5-9-18)24-22(26)20-16-19(12-13-21(20)23)29(27,28)25-14-6-3-7-15-25/h2,4-5,8-9,12-13,16-17H,3,6-7,10-11,14-15H2,1H3,(H,24,26)/t17-/m1/s1. The summed E-state index contributed by atoms with van der Waals surface area (Å²) >= 11 is 6.21. The SMILES string of the molecule is C[C@H](CCc1ccccc1)NC(=O)c1cc(S(=O)(=O)N2CCCCC2)ccc1Cl. The molecule has 1 N–H and O–H groups in total. The Morgan fingerprint density at radius 2 is 1.79 bits per heavy atom. The van der Waals surface area contributed by atoms with Gasteiger partial charge in [-0.15, -0.1) is 0 Å². The fraction of sp³-hybridized carbons (Fsp3) is 0.409. The van der Waals surface area contributed by atoms with Crippen molar-refractivity contribution < 1.29 is 13.2 Å². The van der Waals surface area contributed by atoms with Gasteiger partial charge in [-0.05, 0) is 56.4 Å². The normalized spacial score (nSPS) is 16.3. The number of piperidine rings is 1. The lowest BCUT2D eigenvalue weighted by atomic mass is 10.1. The second-order valence-corrected chi connectivity index (χ2v) is 9.85. The topological polar surface area (TPSA) is 66.5 Å². The molecule has 5 nitrogen and oxygen atoms in total. The van der Waals surface area contributed by atoms with Crippen molar-refractivity contribution in [2.45, 2.75) is 50.0 Å². The minimum absolute atomic E-state index is 0.0684. The monoisotopic (exact) mass is 434 g/mol. The highest BCUT2D eigenvalue weighted by Gasteiger charge is 2.27. The van der Waals surface area contributed by atoms with Crippen molar-refractivity contribution >= 4 is 27.5 Å². The zero-order valence-corrected chi connectivity index (χ0v) is 18.2. The van der Waals surface area contributed by atoms with E-state index < -0.39 is 10.0 Å². The second-order valence-electron chi connectivity index (χ2n) is 7.51. The van der Waals surface area contributed by atoms with E-state index in [1.807, 2.05) is 25.1 Å². The lowest BCUT2D eigenvalue weighted by molar-refractivity contribution is 0.0938. The van der Waals surface area contributed by atoms with Crippen LogP contribution in [0.15, 0.2) is 53.4 Å². The van der Waals surface area contributed by atoms with Crippen molar-refractivity contribution in [1.82, 2.24) is 9.62 Å². The first kappa shape index (κ1) is 21.8. The lowest BCUT2D eigenvalue weighted by Crippen LogP contribution is -2.36. The maximum atomic E-state index is 12.9. The quantitative estimate of drug-likeness (QED) is 0.707. The molecule has 0 spiro atoms. The molecule has 156 valence electrons. The summed E-state index contributed by atoms with van der Waals surface area (Å²) in [7, 11) is -3.61. The molecule has 1 aliphatic heterocycles. The Bertz CT molecular complexity index is 942. The predicted octanol–water partition coefficient (Wildman–Crippen LogP) is 4.27. The van der Waals surface area contributed by atoms with E-state index in [0.29, 0.717) is 13.1 Å². The van der Waals surface area contributed by atoms with E-state index in [-0.39, 0.29) is 27.4 Å². The highest BCUT2D eigenvalue weighted by Crippen LogP contribution is 2.25. The number of halogens is 1. The lowest BCUT2D eigenvalue weighted by Gasteiger charge is -2.26. The van der Waals surface area contributed by atoms with Gasteiger partial charge in [0, 0.05) is 19.1 Å². The molecule has 2 aromatic carbocycles. The molecule has 7 heteroatoms. The van der Waals surface area contributed by atoms with Gasteiger partial charge in [-0.25, -0.2) is 8.42 Å². The minimum Gasteiger partial charge on any atom is -0.350 e. The van der Waals surface area contributed by atoms with E-state index in [1.165, 1.54) is 28.1 Å². The van der Waals surface area contributed by atoms with Crippen LogP contribution in [0.2, 0.25) is 5.02 Å². The molecule has 0 bridgehead atoms. The molecular formula is C22H27ClN2O3S. The van der Waals surface area contributed by atoms with Crippen molar-refractivity contribution in [1.29, 1.82) is 0 Å². The van der Waals surface area contributed by atoms with Crippen LogP contribution in [0.3, 0.4) is 0 Å². The Morgan fingerprint density at radius 3 is 2.48 bits per heavy atom. The highest BCUT2D eigenvalue weighted by atomic mass is 35.5. The molecule has 0 aromatic heterocycles. The third-order valence-corrected chi connectivity index (χ3v) is 7.45. The number of hydrogen-bond acceptors (Lipinski definition) is 3. The van der Waals surface area contributed by atoms with Gasteiger partial charge in [0.15, 0.2) is 0 Å². The van der Waals surface area contributed by atoms with E-state index in [2.05, 4.69) is 17.4 Å². The van der Waals surface area contributed by atoms with Gasteiger partial charge in [-0.2, -0.15) is 4.31 Å². The van der Waals surface area contributed by atoms with Crippen LogP contribution in [0.25, 0.3) is 0 Å². The molecule has 1 atom stereocenters.